The summed E-state index contributed by atoms with van der Waals surface area (Å²) in [5.74, 6) is -2.04. The van der Waals surface area contributed by atoms with Gasteiger partial charge >= 0.3 is 5.97 Å². The molecule has 5 N–H and O–H groups in total. The first-order valence-electron chi connectivity index (χ1n) is 5.40. The molecule has 0 spiro atoms. The first-order chi connectivity index (χ1) is 8.59. The van der Waals surface area contributed by atoms with Gasteiger partial charge in [-0.25, -0.2) is 4.79 Å². The lowest BCUT2D eigenvalue weighted by molar-refractivity contribution is -0.142. The van der Waals surface area contributed by atoms with E-state index in [1.165, 1.54) is 0 Å². The van der Waals surface area contributed by atoms with Gasteiger partial charge in [-0.3, -0.25) is 4.79 Å². The van der Waals surface area contributed by atoms with Crippen LogP contribution in [0.15, 0.2) is 30.5 Å². The Balaban J connectivity index is 2.07. The number of benzene rings is 1. The van der Waals surface area contributed by atoms with Gasteiger partial charge in [-0.15, -0.1) is 0 Å². The van der Waals surface area contributed by atoms with Gasteiger partial charge in [0.05, 0.1) is 0 Å². The topological polar surface area (TPSA) is 108 Å². The number of carbonyl (C=O) groups is 2. The molecular formula is C12H13N3O3. The average molecular weight is 247 g/mol. The van der Waals surface area contributed by atoms with Gasteiger partial charge in [-0.2, -0.15) is 0 Å². The summed E-state index contributed by atoms with van der Waals surface area (Å²) in [5, 5.41) is 12.1. The summed E-state index contributed by atoms with van der Waals surface area (Å²) >= 11 is 0. The first kappa shape index (κ1) is 12.1. The number of nitrogens with one attached hydrogen (secondary N) is 2. The van der Waals surface area contributed by atoms with Gasteiger partial charge in [0.25, 0.3) is 0 Å². The molecule has 0 aliphatic heterocycles. The standard InChI is InChI=1S/C12H13N3O3/c13-10(12(17)18)11(16)15-6-7-5-14-9-4-2-1-3-8(7)9/h1-5,10,14H,6,13H2,(H,15,16)(H,17,18). The zero-order valence-electron chi connectivity index (χ0n) is 9.51. The van der Waals surface area contributed by atoms with Crippen LogP contribution in [0.4, 0.5) is 0 Å². The van der Waals surface area contributed by atoms with E-state index in [0.717, 1.165) is 16.5 Å². The molecule has 6 nitrogen and oxygen atoms in total. The lowest BCUT2D eigenvalue weighted by Crippen LogP contribution is -2.45. The quantitative estimate of drug-likeness (QED) is 0.578. The van der Waals surface area contributed by atoms with Crippen LogP contribution in [0.2, 0.25) is 0 Å². The Hall–Kier alpha value is -2.34. The molecule has 0 aliphatic carbocycles. The second kappa shape index (κ2) is 4.89. The first-order valence-corrected chi connectivity index (χ1v) is 5.40. The Labute approximate surface area is 103 Å². The molecule has 94 valence electrons. The number of aromatic amines is 1. The maximum atomic E-state index is 11.4. The summed E-state index contributed by atoms with van der Waals surface area (Å²) < 4.78 is 0. The van der Waals surface area contributed by atoms with Crippen molar-refractivity contribution in [2.45, 2.75) is 12.6 Å². The molecule has 0 aliphatic rings. The minimum absolute atomic E-state index is 0.240. The smallest absolute Gasteiger partial charge is 0.330 e. The van der Waals surface area contributed by atoms with Crippen molar-refractivity contribution in [1.29, 1.82) is 0 Å². The molecule has 0 radical (unpaired) electrons. The third-order valence-corrected chi connectivity index (χ3v) is 2.68. The summed E-state index contributed by atoms with van der Waals surface area (Å²) in [5.41, 5.74) is 7.04. The van der Waals surface area contributed by atoms with E-state index in [-0.39, 0.29) is 6.54 Å². The molecule has 1 aromatic heterocycles. The summed E-state index contributed by atoms with van der Waals surface area (Å²) in [4.78, 5) is 25.0. The van der Waals surface area contributed by atoms with Crippen molar-refractivity contribution in [2.75, 3.05) is 0 Å². The normalized spacial score (nSPS) is 12.3. The molecule has 0 fully saturated rings. The fourth-order valence-corrected chi connectivity index (χ4v) is 1.68. The summed E-state index contributed by atoms with van der Waals surface area (Å²) in [6.07, 6.45) is 1.78. The van der Waals surface area contributed by atoms with Crippen LogP contribution in [0.25, 0.3) is 10.9 Å². The SMILES string of the molecule is NC(C(=O)O)C(=O)NCc1c[nH]c2ccccc12. The van der Waals surface area contributed by atoms with Gasteiger partial charge in [0, 0.05) is 23.6 Å². The number of para-hydroxylation sites is 1. The van der Waals surface area contributed by atoms with Crippen molar-refractivity contribution in [3.8, 4) is 0 Å². The minimum atomic E-state index is -1.53. The number of carbonyl (C=O) groups excluding carboxylic acids is 1. The molecule has 1 atom stereocenters. The van der Waals surface area contributed by atoms with E-state index in [2.05, 4.69) is 10.3 Å². The zero-order valence-corrected chi connectivity index (χ0v) is 9.51. The highest BCUT2D eigenvalue weighted by Gasteiger charge is 2.20. The number of H-pyrrole nitrogens is 1. The highest BCUT2D eigenvalue weighted by molar-refractivity contribution is 6.00. The van der Waals surface area contributed by atoms with E-state index in [0.29, 0.717) is 0 Å². The molecule has 1 heterocycles. The molecule has 6 heteroatoms. The molecule has 0 bridgehead atoms. The third kappa shape index (κ3) is 2.33. The molecule has 0 saturated carbocycles. The molecule has 18 heavy (non-hydrogen) atoms. The number of hydrogen-bond acceptors (Lipinski definition) is 3. The van der Waals surface area contributed by atoms with Gasteiger partial charge in [0.15, 0.2) is 6.04 Å². The predicted molar refractivity (Wildman–Crippen MR) is 65.8 cm³/mol. The maximum absolute atomic E-state index is 11.4. The number of aromatic nitrogens is 1. The van der Waals surface area contributed by atoms with Crippen LogP contribution >= 0.6 is 0 Å². The van der Waals surface area contributed by atoms with Crippen LogP contribution in [0, 0.1) is 0 Å². The lowest BCUT2D eigenvalue weighted by Gasteiger charge is -2.07. The summed E-state index contributed by atoms with van der Waals surface area (Å²) in [6, 6.07) is 6.11. The Morgan fingerprint density at radius 1 is 1.39 bits per heavy atom. The number of nitrogens with two attached hydrogens (primary N) is 1. The maximum Gasteiger partial charge on any atom is 0.330 e. The highest BCUT2D eigenvalue weighted by Crippen LogP contribution is 2.17. The number of fused-ring (bicyclic) bond motifs is 1. The molecule has 2 aromatic rings. The lowest BCUT2D eigenvalue weighted by atomic mass is 10.2. The van der Waals surface area contributed by atoms with Crippen molar-refractivity contribution in [3.05, 3.63) is 36.0 Å². The molecule has 1 amide bonds. The van der Waals surface area contributed by atoms with Crippen molar-refractivity contribution in [2.24, 2.45) is 5.73 Å². The monoisotopic (exact) mass is 247 g/mol. The van der Waals surface area contributed by atoms with Crippen LogP contribution in [0.3, 0.4) is 0 Å². The van der Waals surface area contributed by atoms with Gasteiger partial charge in [0.1, 0.15) is 0 Å². The molecule has 1 aromatic carbocycles. The van der Waals surface area contributed by atoms with Crippen molar-refractivity contribution < 1.29 is 14.7 Å². The number of rotatable bonds is 4. The number of carboxylic acids is 1. The van der Waals surface area contributed by atoms with Gasteiger partial charge in [0.2, 0.25) is 5.91 Å². The Morgan fingerprint density at radius 2 is 2.11 bits per heavy atom. The van der Waals surface area contributed by atoms with Gasteiger partial charge in [-0.05, 0) is 11.6 Å². The second-order valence-electron chi connectivity index (χ2n) is 3.89. The highest BCUT2D eigenvalue weighted by atomic mass is 16.4. The van der Waals surface area contributed by atoms with Crippen LogP contribution < -0.4 is 11.1 Å². The number of hydrogen-bond donors (Lipinski definition) is 4. The van der Waals surface area contributed by atoms with Gasteiger partial charge < -0.3 is 21.1 Å². The van der Waals surface area contributed by atoms with Crippen LogP contribution in [0.1, 0.15) is 5.56 Å². The third-order valence-electron chi connectivity index (χ3n) is 2.68. The van der Waals surface area contributed by atoms with E-state index in [9.17, 15) is 9.59 Å². The Bertz CT molecular complexity index is 591. The fraction of sp³-hybridized carbons (Fsp3) is 0.167. The van der Waals surface area contributed by atoms with Crippen LogP contribution in [-0.4, -0.2) is 28.0 Å². The molecular weight excluding hydrogens is 234 g/mol. The van der Waals surface area contributed by atoms with E-state index in [1.807, 2.05) is 24.3 Å². The molecule has 1 unspecified atom stereocenters. The van der Waals surface area contributed by atoms with Crippen molar-refractivity contribution in [1.82, 2.24) is 10.3 Å². The summed E-state index contributed by atoms with van der Waals surface area (Å²) in [6.45, 7) is 0.240. The number of carboxylic acid groups (broad SMARTS) is 1. The van der Waals surface area contributed by atoms with Crippen molar-refractivity contribution >= 4 is 22.8 Å². The summed E-state index contributed by atoms with van der Waals surface area (Å²) in [7, 11) is 0. The Kier molecular flexibility index (Phi) is 3.29. The molecule has 0 saturated heterocycles. The minimum Gasteiger partial charge on any atom is -0.480 e. The van der Waals surface area contributed by atoms with E-state index >= 15 is 0 Å². The largest absolute Gasteiger partial charge is 0.480 e. The number of aliphatic carboxylic acids is 1. The zero-order chi connectivity index (χ0) is 13.1. The van der Waals surface area contributed by atoms with Crippen molar-refractivity contribution in [3.63, 3.8) is 0 Å². The van der Waals surface area contributed by atoms with E-state index in [4.69, 9.17) is 10.8 Å². The molecule has 2 rings (SSSR count). The Morgan fingerprint density at radius 3 is 2.83 bits per heavy atom. The fourth-order valence-electron chi connectivity index (χ4n) is 1.68. The number of amides is 1. The average Bonchev–Trinajstić information content (AvgIpc) is 2.78. The predicted octanol–water partition coefficient (Wildman–Crippen LogP) is 0.196. The van der Waals surface area contributed by atoms with E-state index in [1.54, 1.807) is 6.20 Å². The van der Waals surface area contributed by atoms with E-state index < -0.39 is 17.9 Å². The van der Waals surface area contributed by atoms with Crippen LogP contribution in [0.5, 0.6) is 0 Å². The van der Waals surface area contributed by atoms with Gasteiger partial charge in [-0.1, -0.05) is 18.2 Å². The van der Waals surface area contributed by atoms with Crippen LogP contribution in [-0.2, 0) is 16.1 Å². The second-order valence-corrected chi connectivity index (χ2v) is 3.89.